The molecule has 4 nitrogen and oxygen atoms in total. The van der Waals surface area contributed by atoms with E-state index in [4.69, 9.17) is 0 Å². The Kier molecular flexibility index (Phi) is 3.96. The zero-order valence-electron chi connectivity index (χ0n) is 13.0. The number of fused-ring (bicyclic) bond motifs is 2. The van der Waals surface area contributed by atoms with Crippen molar-refractivity contribution in [1.82, 2.24) is 14.5 Å². The van der Waals surface area contributed by atoms with E-state index in [9.17, 15) is 4.79 Å². The fraction of sp³-hybridized carbons (Fsp3) is 0.222. The van der Waals surface area contributed by atoms with Crippen LogP contribution in [0.4, 0.5) is 0 Å². The first kappa shape index (κ1) is 15.8. The van der Waals surface area contributed by atoms with E-state index in [0.29, 0.717) is 5.69 Å². The minimum Gasteiger partial charge on any atom is -0.330 e. The predicted molar refractivity (Wildman–Crippen MR) is 100 cm³/mol. The largest absolute Gasteiger partial charge is 0.330 e. The number of pyridine rings is 1. The van der Waals surface area contributed by atoms with Crippen LogP contribution in [0.3, 0.4) is 0 Å². The highest BCUT2D eigenvalue weighted by Gasteiger charge is 2.29. The van der Waals surface area contributed by atoms with Crippen LogP contribution in [0.15, 0.2) is 51.5 Å². The van der Waals surface area contributed by atoms with Gasteiger partial charge in [-0.05, 0) is 68.5 Å². The van der Waals surface area contributed by atoms with E-state index in [1.807, 2.05) is 29.3 Å². The van der Waals surface area contributed by atoms with Crippen molar-refractivity contribution in [2.45, 2.75) is 19.4 Å². The molecule has 0 fully saturated rings. The summed E-state index contributed by atoms with van der Waals surface area (Å²) in [5.74, 6) is -0.0243. The van der Waals surface area contributed by atoms with Crippen LogP contribution in [-0.2, 0) is 6.42 Å². The number of aromatic nitrogens is 2. The Balaban J connectivity index is 1.71. The number of rotatable bonds is 1. The van der Waals surface area contributed by atoms with Gasteiger partial charge in [0.05, 0.1) is 11.6 Å². The van der Waals surface area contributed by atoms with Crippen LogP contribution in [0.25, 0.3) is 5.52 Å². The highest BCUT2D eigenvalue weighted by atomic mass is 79.9. The molecule has 3 aromatic rings. The first-order chi connectivity index (χ1) is 11.5. The smallest absolute Gasteiger partial charge is 0.274 e. The summed E-state index contributed by atoms with van der Waals surface area (Å²) in [6.45, 7) is 2.80. The summed E-state index contributed by atoms with van der Waals surface area (Å²) < 4.78 is 3.54. The summed E-state index contributed by atoms with van der Waals surface area (Å²) in [6.07, 6.45) is 2.74. The molecule has 0 unspecified atom stereocenters. The van der Waals surface area contributed by atoms with Crippen molar-refractivity contribution in [2.75, 3.05) is 6.54 Å². The van der Waals surface area contributed by atoms with Gasteiger partial charge in [0.25, 0.3) is 5.91 Å². The Bertz CT molecular complexity index is 951. The quantitative estimate of drug-likeness (QED) is 0.544. The van der Waals surface area contributed by atoms with E-state index in [1.54, 1.807) is 4.52 Å². The molecule has 1 aromatic carbocycles. The number of nitrogens with zero attached hydrogens (tertiary/aromatic N) is 3. The van der Waals surface area contributed by atoms with Crippen molar-refractivity contribution in [3.8, 4) is 0 Å². The monoisotopic (exact) mass is 447 g/mol. The molecular weight excluding hydrogens is 434 g/mol. The molecule has 4 rings (SSSR count). The number of carbonyl (C=O) groups is 1. The summed E-state index contributed by atoms with van der Waals surface area (Å²) in [4.78, 5) is 14.9. The van der Waals surface area contributed by atoms with E-state index in [1.165, 1.54) is 11.1 Å². The Morgan fingerprint density at radius 1 is 1.25 bits per heavy atom. The molecule has 0 N–H and O–H groups in total. The highest BCUT2D eigenvalue weighted by molar-refractivity contribution is 9.11. The molecule has 0 bridgehead atoms. The summed E-state index contributed by atoms with van der Waals surface area (Å²) in [7, 11) is 0. The number of hydrogen-bond donors (Lipinski definition) is 0. The van der Waals surface area contributed by atoms with Gasteiger partial charge in [-0.3, -0.25) is 4.79 Å². The molecule has 0 radical (unpaired) electrons. The Labute approximate surface area is 156 Å². The molecule has 6 heteroatoms. The maximum Gasteiger partial charge on any atom is 0.274 e. The SMILES string of the molecule is C[C@@H]1c2ccccc2CCN1C(=O)c1cc2c(Br)cc(Br)cn2n1. The second-order valence-corrected chi connectivity index (χ2v) is 7.76. The molecule has 0 spiro atoms. The average Bonchev–Trinajstić information content (AvgIpc) is 2.99. The normalized spacial score (nSPS) is 17.1. The van der Waals surface area contributed by atoms with Crippen molar-refractivity contribution in [1.29, 1.82) is 0 Å². The standard InChI is InChI=1S/C18H15Br2N3O/c1-11-14-5-3-2-4-12(14)6-7-22(11)18(24)16-9-17-15(20)8-13(19)10-23(17)21-16/h2-5,8-11H,6-7H2,1H3/t11-/m1/s1. The molecule has 1 amide bonds. The highest BCUT2D eigenvalue weighted by Crippen LogP contribution is 2.31. The number of hydrogen-bond acceptors (Lipinski definition) is 2. The topological polar surface area (TPSA) is 37.6 Å². The van der Waals surface area contributed by atoms with Gasteiger partial charge < -0.3 is 4.90 Å². The molecule has 1 aliphatic rings. The number of amides is 1. The Morgan fingerprint density at radius 3 is 2.88 bits per heavy atom. The third-order valence-corrected chi connectivity index (χ3v) is 5.63. The predicted octanol–water partition coefficient (Wildman–Crippen LogP) is 4.62. The fourth-order valence-electron chi connectivity index (χ4n) is 3.32. The number of carbonyl (C=O) groups excluding carboxylic acids is 1. The van der Waals surface area contributed by atoms with Gasteiger partial charge in [0.15, 0.2) is 5.69 Å². The second-order valence-electron chi connectivity index (χ2n) is 5.99. The van der Waals surface area contributed by atoms with Gasteiger partial charge in [-0.2, -0.15) is 5.10 Å². The molecule has 0 saturated heterocycles. The molecule has 0 aliphatic carbocycles. The Morgan fingerprint density at radius 2 is 2.04 bits per heavy atom. The van der Waals surface area contributed by atoms with Gasteiger partial charge in [0.1, 0.15) is 0 Å². The third-order valence-electron chi connectivity index (χ3n) is 4.57. The molecule has 122 valence electrons. The van der Waals surface area contributed by atoms with E-state index >= 15 is 0 Å². The van der Waals surface area contributed by atoms with Crippen molar-refractivity contribution in [2.24, 2.45) is 0 Å². The van der Waals surface area contributed by atoms with Crippen LogP contribution in [0.2, 0.25) is 0 Å². The zero-order chi connectivity index (χ0) is 16.8. The fourth-order valence-corrected chi connectivity index (χ4v) is 4.59. The summed E-state index contributed by atoms with van der Waals surface area (Å²) in [5.41, 5.74) is 3.91. The minimum absolute atomic E-state index is 0.0243. The van der Waals surface area contributed by atoms with Gasteiger partial charge in [0.2, 0.25) is 0 Å². The van der Waals surface area contributed by atoms with Gasteiger partial charge in [-0.25, -0.2) is 4.52 Å². The summed E-state index contributed by atoms with van der Waals surface area (Å²) in [5, 5.41) is 4.47. The molecule has 3 heterocycles. The lowest BCUT2D eigenvalue weighted by Crippen LogP contribution is -2.39. The van der Waals surface area contributed by atoms with Crippen LogP contribution < -0.4 is 0 Å². The first-order valence-corrected chi connectivity index (χ1v) is 9.36. The molecule has 2 aromatic heterocycles. The molecule has 0 saturated carbocycles. The van der Waals surface area contributed by atoms with Crippen molar-refractivity contribution in [3.63, 3.8) is 0 Å². The van der Waals surface area contributed by atoms with Crippen LogP contribution in [0, 0.1) is 0 Å². The lowest BCUT2D eigenvalue weighted by atomic mass is 9.93. The van der Waals surface area contributed by atoms with E-state index < -0.39 is 0 Å². The average molecular weight is 449 g/mol. The number of halogens is 2. The summed E-state index contributed by atoms with van der Waals surface area (Å²) in [6, 6.07) is 12.2. The maximum atomic E-state index is 13.0. The Hall–Kier alpha value is -1.66. The van der Waals surface area contributed by atoms with E-state index in [0.717, 1.165) is 27.4 Å². The van der Waals surface area contributed by atoms with Crippen molar-refractivity contribution >= 4 is 43.3 Å². The van der Waals surface area contributed by atoms with Gasteiger partial charge in [-0.15, -0.1) is 0 Å². The van der Waals surface area contributed by atoms with Gasteiger partial charge >= 0.3 is 0 Å². The van der Waals surface area contributed by atoms with Crippen LogP contribution in [0.5, 0.6) is 0 Å². The number of benzene rings is 1. The molecule has 24 heavy (non-hydrogen) atoms. The van der Waals surface area contributed by atoms with E-state index in [2.05, 4.69) is 62.1 Å². The van der Waals surface area contributed by atoms with Crippen LogP contribution in [0.1, 0.15) is 34.6 Å². The maximum absolute atomic E-state index is 13.0. The second kappa shape index (κ2) is 6.01. The lowest BCUT2D eigenvalue weighted by Gasteiger charge is -2.34. The van der Waals surface area contributed by atoms with Crippen LogP contribution >= 0.6 is 31.9 Å². The first-order valence-electron chi connectivity index (χ1n) is 7.78. The van der Waals surface area contributed by atoms with E-state index in [-0.39, 0.29) is 11.9 Å². The summed E-state index contributed by atoms with van der Waals surface area (Å²) >= 11 is 6.97. The molecule has 1 aliphatic heterocycles. The molecule has 1 atom stereocenters. The van der Waals surface area contributed by atoms with Crippen LogP contribution in [-0.4, -0.2) is 27.0 Å². The third kappa shape index (κ3) is 2.58. The van der Waals surface area contributed by atoms with Gasteiger partial charge in [-0.1, -0.05) is 24.3 Å². The molecular formula is C18H15Br2N3O. The van der Waals surface area contributed by atoms with Crippen molar-refractivity contribution in [3.05, 3.63) is 68.4 Å². The minimum atomic E-state index is -0.0243. The lowest BCUT2D eigenvalue weighted by molar-refractivity contribution is 0.0671. The van der Waals surface area contributed by atoms with Crippen molar-refractivity contribution < 1.29 is 4.79 Å². The zero-order valence-corrected chi connectivity index (χ0v) is 16.2. The van der Waals surface area contributed by atoms with Gasteiger partial charge in [0, 0.05) is 21.7 Å².